The molecule has 2 rings (SSSR count). The second kappa shape index (κ2) is 5.06. The summed E-state index contributed by atoms with van der Waals surface area (Å²) in [5.41, 5.74) is 8.07. The Balaban J connectivity index is 2.33. The first-order valence-corrected chi connectivity index (χ1v) is 6.94. The minimum absolute atomic E-state index is 0.113. The standard InChI is InChI=1S/C14H18BrN3O/c1-8-5-6-9(7-10(8)15)12-17-13(19-18-12)11(16)14(2,3)4/h5-7,11H,16H2,1-4H3/t11-/m1/s1. The molecule has 0 spiro atoms. The molecule has 4 nitrogen and oxygen atoms in total. The number of hydrogen-bond donors (Lipinski definition) is 1. The number of rotatable bonds is 2. The second-order valence-electron chi connectivity index (χ2n) is 5.76. The lowest BCUT2D eigenvalue weighted by Gasteiger charge is -2.23. The van der Waals surface area contributed by atoms with Crippen LogP contribution in [0.3, 0.4) is 0 Å². The van der Waals surface area contributed by atoms with Crippen LogP contribution >= 0.6 is 15.9 Å². The average molecular weight is 324 g/mol. The molecule has 0 aliphatic rings. The summed E-state index contributed by atoms with van der Waals surface area (Å²) in [4.78, 5) is 4.39. The summed E-state index contributed by atoms with van der Waals surface area (Å²) in [7, 11) is 0. The van der Waals surface area contributed by atoms with Crippen molar-refractivity contribution in [1.29, 1.82) is 0 Å². The minimum Gasteiger partial charge on any atom is -0.337 e. The highest BCUT2D eigenvalue weighted by Crippen LogP contribution is 2.31. The number of nitrogens with two attached hydrogens (primary N) is 1. The number of hydrogen-bond acceptors (Lipinski definition) is 4. The average Bonchev–Trinajstić information content (AvgIpc) is 2.79. The molecule has 0 saturated heterocycles. The maximum absolute atomic E-state index is 6.11. The number of halogens is 1. The molecule has 1 heterocycles. The van der Waals surface area contributed by atoms with Gasteiger partial charge < -0.3 is 10.3 Å². The fourth-order valence-corrected chi connectivity index (χ4v) is 1.96. The molecule has 0 bridgehead atoms. The van der Waals surface area contributed by atoms with Gasteiger partial charge >= 0.3 is 0 Å². The van der Waals surface area contributed by atoms with Crippen LogP contribution in [-0.4, -0.2) is 10.1 Å². The Hall–Kier alpha value is -1.20. The molecule has 1 aromatic carbocycles. The Morgan fingerprint density at radius 2 is 2.00 bits per heavy atom. The molecule has 2 aromatic rings. The first-order chi connectivity index (χ1) is 8.79. The SMILES string of the molecule is Cc1ccc(-c2noc([C@@H](N)C(C)(C)C)n2)cc1Br. The second-order valence-corrected chi connectivity index (χ2v) is 6.62. The van der Waals surface area contributed by atoms with E-state index in [4.69, 9.17) is 10.3 Å². The molecule has 0 radical (unpaired) electrons. The van der Waals surface area contributed by atoms with E-state index >= 15 is 0 Å². The van der Waals surface area contributed by atoms with Crippen molar-refractivity contribution in [1.82, 2.24) is 10.1 Å². The molecule has 1 aromatic heterocycles. The van der Waals surface area contributed by atoms with Crippen molar-refractivity contribution in [3.63, 3.8) is 0 Å². The summed E-state index contributed by atoms with van der Waals surface area (Å²) in [6.45, 7) is 8.17. The van der Waals surface area contributed by atoms with Gasteiger partial charge in [0.1, 0.15) is 0 Å². The monoisotopic (exact) mass is 323 g/mol. The Labute approximate surface area is 121 Å². The van der Waals surface area contributed by atoms with E-state index in [1.807, 2.05) is 45.9 Å². The molecule has 0 saturated carbocycles. The third-order valence-corrected chi connectivity index (χ3v) is 3.93. The molecule has 19 heavy (non-hydrogen) atoms. The van der Waals surface area contributed by atoms with Crippen molar-refractivity contribution >= 4 is 15.9 Å². The topological polar surface area (TPSA) is 64.9 Å². The summed E-state index contributed by atoms with van der Waals surface area (Å²) < 4.78 is 6.30. The number of aryl methyl sites for hydroxylation is 1. The van der Waals surface area contributed by atoms with Crippen LogP contribution in [-0.2, 0) is 0 Å². The fourth-order valence-electron chi connectivity index (χ4n) is 1.58. The molecule has 0 aliphatic carbocycles. The van der Waals surface area contributed by atoms with Crippen molar-refractivity contribution in [3.8, 4) is 11.4 Å². The van der Waals surface area contributed by atoms with E-state index in [1.165, 1.54) is 5.56 Å². The zero-order valence-electron chi connectivity index (χ0n) is 11.6. The molecule has 1 atom stereocenters. The van der Waals surface area contributed by atoms with Crippen LogP contribution in [0.15, 0.2) is 27.2 Å². The lowest BCUT2D eigenvalue weighted by atomic mass is 9.87. The summed E-state index contributed by atoms with van der Waals surface area (Å²) in [5, 5.41) is 4.00. The summed E-state index contributed by atoms with van der Waals surface area (Å²) >= 11 is 3.50. The van der Waals surface area contributed by atoms with Gasteiger partial charge in [-0.15, -0.1) is 0 Å². The van der Waals surface area contributed by atoms with Crippen molar-refractivity contribution in [2.24, 2.45) is 11.1 Å². The molecular weight excluding hydrogens is 306 g/mol. The first kappa shape index (κ1) is 14.2. The van der Waals surface area contributed by atoms with Crippen molar-refractivity contribution in [3.05, 3.63) is 34.1 Å². The maximum atomic E-state index is 6.11. The first-order valence-electron chi connectivity index (χ1n) is 6.15. The third-order valence-electron chi connectivity index (χ3n) is 3.07. The van der Waals surface area contributed by atoms with Gasteiger partial charge in [-0.2, -0.15) is 4.98 Å². The predicted molar refractivity (Wildman–Crippen MR) is 78.6 cm³/mol. The summed E-state index contributed by atoms with van der Waals surface area (Å²) in [6, 6.07) is 5.69. The van der Waals surface area contributed by atoms with Gasteiger partial charge in [-0.25, -0.2) is 0 Å². The van der Waals surface area contributed by atoms with Gasteiger partial charge in [0.2, 0.25) is 11.7 Å². The predicted octanol–water partition coefficient (Wildman–Crippen LogP) is 3.85. The van der Waals surface area contributed by atoms with Crippen LogP contribution in [0.5, 0.6) is 0 Å². The Bertz CT molecular complexity index is 587. The lowest BCUT2D eigenvalue weighted by molar-refractivity contribution is 0.253. The molecule has 0 amide bonds. The van der Waals surface area contributed by atoms with Crippen LogP contribution < -0.4 is 5.73 Å². The van der Waals surface area contributed by atoms with E-state index in [0.29, 0.717) is 11.7 Å². The Kier molecular flexibility index (Phi) is 3.78. The normalized spacial score (nSPS) is 13.6. The number of benzene rings is 1. The lowest BCUT2D eigenvalue weighted by Crippen LogP contribution is -2.26. The zero-order chi connectivity index (χ0) is 14.2. The van der Waals surface area contributed by atoms with Gasteiger partial charge in [0.05, 0.1) is 6.04 Å². The van der Waals surface area contributed by atoms with Gasteiger partial charge in [-0.05, 0) is 24.0 Å². The van der Waals surface area contributed by atoms with Gasteiger partial charge in [0, 0.05) is 10.0 Å². The maximum Gasteiger partial charge on any atom is 0.244 e. The van der Waals surface area contributed by atoms with Crippen molar-refractivity contribution in [2.45, 2.75) is 33.7 Å². The van der Waals surface area contributed by atoms with Crippen LogP contribution in [0.25, 0.3) is 11.4 Å². The molecule has 0 aliphatic heterocycles. The zero-order valence-corrected chi connectivity index (χ0v) is 13.2. The summed E-state index contributed by atoms with van der Waals surface area (Å²) in [5.74, 6) is 1.04. The molecule has 5 heteroatoms. The molecule has 102 valence electrons. The number of aromatic nitrogens is 2. The van der Waals surface area contributed by atoms with Gasteiger partial charge in [0.15, 0.2) is 0 Å². The van der Waals surface area contributed by atoms with E-state index in [1.54, 1.807) is 0 Å². The molecule has 0 fully saturated rings. The van der Waals surface area contributed by atoms with Gasteiger partial charge in [-0.1, -0.05) is 54.0 Å². The Morgan fingerprint density at radius 1 is 1.32 bits per heavy atom. The molecular formula is C14H18BrN3O. The quantitative estimate of drug-likeness (QED) is 0.911. The van der Waals surface area contributed by atoms with E-state index in [0.717, 1.165) is 10.0 Å². The highest BCUT2D eigenvalue weighted by atomic mass is 79.9. The fraction of sp³-hybridized carbons (Fsp3) is 0.429. The van der Waals surface area contributed by atoms with E-state index in [2.05, 4.69) is 26.1 Å². The van der Waals surface area contributed by atoms with E-state index in [9.17, 15) is 0 Å². The number of nitrogens with zero attached hydrogens (tertiary/aromatic N) is 2. The smallest absolute Gasteiger partial charge is 0.244 e. The van der Waals surface area contributed by atoms with Crippen LogP contribution in [0.1, 0.15) is 38.3 Å². The van der Waals surface area contributed by atoms with Gasteiger partial charge in [-0.3, -0.25) is 0 Å². The molecule has 2 N–H and O–H groups in total. The summed E-state index contributed by atoms with van der Waals surface area (Å²) in [6.07, 6.45) is 0. The van der Waals surface area contributed by atoms with Crippen LogP contribution in [0, 0.1) is 12.3 Å². The largest absolute Gasteiger partial charge is 0.337 e. The van der Waals surface area contributed by atoms with Crippen molar-refractivity contribution < 1.29 is 4.52 Å². The Morgan fingerprint density at radius 3 is 2.58 bits per heavy atom. The minimum atomic E-state index is -0.275. The third kappa shape index (κ3) is 3.04. The van der Waals surface area contributed by atoms with Crippen molar-refractivity contribution in [2.75, 3.05) is 0 Å². The van der Waals surface area contributed by atoms with Gasteiger partial charge in [0.25, 0.3) is 0 Å². The van der Waals surface area contributed by atoms with E-state index < -0.39 is 0 Å². The van der Waals surface area contributed by atoms with Crippen LogP contribution in [0.4, 0.5) is 0 Å². The van der Waals surface area contributed by atoms with Crippen LogP contribution in [0.2, 0.25) is 0 Å². The molecule has 0 unspecified atom stereocenters. The highest BCUT2D eigenvalue weighted by Gasteiger charge is 2.27. The van der Waals surface area contributed by atoms with E-state index in [-0.39, 0.29) is 11.5 Å². The highest BCUT2D eigenvalue weighted by molar-refractivity contribution is 9.10.